The standard InChI is InChI=1S/C9H12AsF2NO2S/c1-5(13)6-3-7(11)9(8(12)4-6)10-16(2,14)15/h3-5,10H,13H2,1-2H3. The molecule has 1 aromatic rings. The Bertz CT molecular complexity index is 479. The summed E-state index contributed by atoms with van der Waals surface area (Å²) < 4.78 is 48.7. The predicted molar refractivity (Wildman–Crippen MR) is 60.6 cm³/mol. The van der Waals surface area contributed by atoms with Crippen molar-refractivity contribution in [1.29, 1.82) is 0 Å². The first-order chi connectivity index (χ1) is 7.20. The van der Waals surface area contributed by atoms with Gasteiger partial charge in [-0.2, -0.15) is 0 Å². The van der Waals surface area contributed by atoms with Gasteiger partial charge >= 0.3 is 98.5 Å². The van der Waals surface area contributed by atoms with Crippen LogP contribution in [0.15, 0.2) is 12.1 Å². The molecule has 0 aliphatic carbocycles. The number of benzene rings is 1. The van der Waals surface area contributed by atoms with E-state index >= 15 is 0 Å². The number of nitrogens with two attached hydrogens (primary N) is 1. The first-order valence-electron chi connectivity index (χ1n) is 4.43. The molecule has 1 aromatic carbocycles. The van der Waals surface area contributed by atoms with E-state index in [1.54, 1.807) is 6.92 Å². The van der Waals surface area contributed by atoms with E-state index < -0.39 is 40.4 Å². The van der Waals surface area contributed by atoms with E-state index in [0.717, 1.165) is 18.4 Å². The molecule has 2 N–H and O–H groups in total. The SMILES string of the molecule is CC(N)c1cc(F)c([AsH]S(C)(=O)=O)c(F)c1. The van der Waals surface area contributed by atoms with Crippen LogP contribution >= 0.6 is 0 Å². The zero-order valence-corrected chi connectivity index (χ0v) is 11.7. The zero-order chi connectivity index (χ0) is 12.5. The molecular weight excluding hydrogens is 299 g/mol. The van der Waals surface area contributed by atoms with Crippen LogP contribution in [0.2, 0.25) is 0 Å². The molecule has 1 rings (SSSR count). The molecule has 0 aliphatic heterocycles. The third-order valence-corrected chi connectivity index (χ3v) is 7.07. The van der Waals surface area contributed by atoms with Gasteiger partial charge in [0.05, 0.1) is 0 Å². The summed E-state index contributed by atoms with van der Waals surface area (Å²) in [7, 11) is -3.34. The first kappa shape index (κ1) is 13.6. The Morgan fingerprint density at radius 1 is 1.31 bits per heavy atom. The zero-order valence-electron chi connectivity index (χ0n) is 8.79. The molecular formula is C9H12AsF2NO2S. The van der Waals surface area contributed by atoms with Crippen molar-refractivity contribution < 1.29 is 17.2 Å². The Hall–Kier alpha value is -0.452. The van der Waals surface area contributed by atoms with Gasteiger partial charge < -0.3 is 0 Å². The second kappa shape index (κ2) is 4.82. The maximum absolute atomic E-state index is 13.5. The van der Waals surface area contributed by atoms with E-state index in [1.165, 1.54) is 0 Å². The topological polar surface area (TPSA) is 60.2 Å². The van der Waals surface area contributed by atoms with E-state index in [1.807, 2.05) is 0 Å². The summed E-state index contributed by atoms with van der Waals surface area (Å²) in [4.78, 5) is 0. The van der Waals surface area contributed by atoms with Crippen LogP contribution < -0.4 is 10.1 Å². The average Bonchev–Trinajstić information content (AvgIpc) is 2.09. The van der Waals surface area contributed by atoms with Crippen molar-refractivity contribution in [2.45, 2.75) is 13.0 Å². The van der Waals surface area contributed by atoms with Crippen LogP contribution in [0.4, 0.5) is 8.78 Å². The molecule has 0 radical (unpaired) electrons. The molecule has 0 fully saturated rings. The quantitative estimate of drug-likeness (QED) is 0.800. The molecule has 0 heterocycles. The Morgan fingerprint density at radius 3 is 2.06 bits per heavy atom. The monoisotopic (exact) mass is 311 g/mol. The second-order valence-corrected chi connectivity index (χ2v) is 12.3. The van der Waals surface area contributed by atoms with Crippen molar-refractivity contribution in [2.24, 2.45) is 5.73 Å². The molecule has 7 heteroatoms. The molecule has 0 saturated heterocycles. The minimum absolute atomic E-state index is 0.313. The summed E-state index contributed by atoms with van der Waals surface area (Å²) in [6, 6.07) is 1.70. The van der Waals surface area contributed by atoms with Crippen LogP contribution in [0.1, 0.15) is 18.5 Å². The van der Waals surface area contributed by atoms with Crippen molar-refractivity contribution in [2.75, 3.05) is 6.26 Å². The molecule has 3 nitrogen and oxygen atoms in total. The summed E-state index contributed by atoms with van der Waals surface area (Å²) in [6.07, 6.45) is 0.978. The van der Waals surface area contributed by atoms with Gasteiger partial charge in [0.25, 0.3) is 0 Å². The van der Waals surface area contributed by atoms with E-state index in [4.69, 9.17) is 5.73 Å². The molecule has 2 atom stereocenters. The third kappa shape index (κ3) is 3.54. The average molecular weight is 311 g/mol. The molecule has 0 saturated carbocycles. The van der Waals surface area contributed by atoms with Gasteiger partial charge in [-0.1, -0.05) is 0 Å². The summed E-state index contributed by atoms with van der Waals surface area (Å²) in [6.45, 7) is 1.60. The van der Waals surface area contributed by atoms with Gasteiger partial charge in [-0.05, 0) is 0 Å². The van der Waals surface area contributed by atoms with Crippen molar-refractivity contribution in [3.63, 3.8) is 0 Å². The Balaban J connectivity index is 3.23. The molecule has 0 aliphatic rings. The fourth-order valence-corrected chi connectivity index (χ4v) is 5.57. The van der Waals surface area contributed by atoms with E-state index in [2.05, 4.69) is 0 Å². The normalized spacial score (nSPS) is 14.6. The van der Waals surface area contributed by atoms with Crippen LogP contribution in [0.3, 0.4) is 0 Å². The van der Waals surface area contributed by atoms with Gasteiger partial charge in [0.2, 0.25) is 0 Å². The Morgan fingerprint density at radius 2 is 1.75 bits per heavy atom. The Labute approximate surface area is 98.6 Å². The summed E-state index contributed by atoms with van der Waals surface area (Å²) in [5.74, 6) is -1.64. The van der Waals surface area contributed by atoms with E-state index in [0.29, 0.717) is 5.56 Å². The number of hydrogen-bond acceptors (Lipinski definition) is 3. The number of rotatable bonds is 3. The van der Waals surface area contributed by atoms with Gasteiger partial charge in [-0.3, -0.25) is 0 Å². The molecule has 90 valence electrons. The van der Waals surface area contributed by atoms with Crippen molar-refractivity contribution in [3.05, 3.63) is 29.3 Å². The van der Waals surface area contributed by atoms with Gasteiger partial charge in [0, 0.05) is 0 Å². The van der Waals surface area contributed by atoms with Crippen molar-refractivity contribution in [3.8, 4) is 0 Å². The minimum atomic E-state index is -3.34. The fourth-order valence-electron chi connectivity index (χ4n) is 1.14. The van der Waals surface area contributed by atoms with E-state index in [-0.39, 0.29) is 4.35 Å². The van der Waals surface area contributed by atoms with Gasteiger partial charge in [0.15, 0.2) is 0 Å². The van der Waals surface area contributed by atoms with Crippen molar-refractivity contribution >= 4 is 27.0 Å². The number of hydrogen-bond donors (Lipinski definition) is 1. The molecule has 0 amide bonds. The molecule has 16 heavy (non-hydrogen) atoms. The van der Waals surface area contributed by atoms with Gasteiger partial charge in [-0.25, -0.2) is 0 Å². The third-order valence-electron chi connectivity index (χ3n) is 1.88. The summed E-state index contributed by atoms with van der Waals surface area (Å²) in [5.41, 5.74) is 5.81. The van der Waals surface area contributed by atoms with Gasteiger partial charge in [0.1, 0.15) is 0 Å². The molecule has 2 unspecified atom stereocenters. The number of halogens is 2. The molecule has 0 spiro atoms. The van der Waals surface area contributed by atoms with Crippen molar-refractivity contribution in [1.82, 2.24) is 0 Å². The predicted octanol–water partition coefficient (Wildman–Crippen LogP) is 0.00590. The fraction of sp³-hybridized carbons (Fsp3) is 0.333. The first-order valence-corrected chi connectivity index (χ1v) is 9.94. The molecule has 0 aromatic heterocycles. The van der Waals surface area contributed by atoms with Crippen LogP contribution in [0.5, 0.6) is 0 Å². The summed E-state index contributed by atoms with van der Waals surface area (Å²) >= 11 is -1.86. The van der Waals surface area contributed by atoms with Crippen LogP contribution in [0.25, 0.3) is 0 Å². The summed E-state index contributed by atoms with van der Waals surface area (Å²) in [5, 5.41) is 0. The Kier molecular flexibility index (Phi) is 4.10. The van der Waals surface area contributed by atoms with E-state index in [9.17, 15) is 17.2 Å². The van der Waals surface area contributed by atoms with Crippen LogP contribution in [-0.4, -0.2) is 29.3 Å². The molecule has 0 bridgehead atoms. The maximum atomic E-state index is 13.5. The second-order valence-electron chi connectivity index (χ2n) is 3.52. The van der Waals surface area contributed by atoms with Crippen LogP contribution in [0, 0.1) is 11.6 Å². The van der Waals surface area contributed by atoms with Crippen LogP contribution in [-0.2, 0) is 8.10 Å². The van der Waals surface area contributed by atoms with Gasteiger partial charge in [-0.15, -0.1) is 0 Å².